The van der Waals surface area contributed by atoms with Gasteiger partial charge in [-0.2, -0.15) is 0 Å². The molecule has 0 unspecified atom stereocenters. The number of ether oxygens (including phenoxy) is 2. The molecule has 0 heterocycles. The minimum Gasteiger partial charge on any atom is -0.351 e. The smallest absolute Gasteiger partial charge is 0.172 e. The summed E-state index contributed by atoms with van der Waals surface area (Å²) in [6, 6.07) is -0.0556. The van der Waals surface area contributed by atoms with Crippen LogP contribution >= 0.6 is 0 Å². The van der Waals surface area contributed by atoms with Crippen LogP contribution in [0, 0.1) is 0 Å². The third kappa shape index (κ3) is 3.82. The normalized spacial score (nSPS) is 14.1. The van der Waals surface area contributed by atoms with E-state index in [0.717, 1.165) is 0 Å². The van der Waals surface area contributed by atoms with Crippen LogP contribution in [-0.2, 0) is 9.47 Å². The van der Waals surface area contributed by atoms with E-state index in [1.54, 1.807) is 0 Å². The highest BCUT2D eigenvalue weighted by Gasteiger charge is 2.11. The Morgan fingerprint density at radius 2 is 1.60 bits per heavy atom. The van der Waals surface area contributed by atoms with Crippen LogP contribution in [0.5, 0.6) is 0 Å². The molecule has 62 valence electrons. The molecule has 0 rings (SSSR count). The van der Waals surface area contributed by atoms with Gasteiger partial charge in [0.25, 0.3) is 0 Å². The molecular formula is C7H17NO2. The van der Waals surface area contributed by atoms with Gasteiger partial charge in [0.1, 0.15) is 0 Å². The van der Waals surface area contributed by atoms with Crippen molar-refractivity contribution < 1.29 is 9.47 Å². The molecule has 3 heteroatoms. The van der Waals surface area contributed by atoms with Gasteiger partial charge in [0.05, 0.1) is 6.04 Å². The molecule has 0 aliphatic carbocycles. The van der Waals surface area contributed by atoms with Crippen molar-refractivity contribution in [3.63, 3.8) is 0 Å². The molecule has 0 saturated carbocycles. The number of hydrogen-bond acceptors (Lipinski definition) is 3. The van der Waals surface area contributed by atoms with Crippen LogP contribution in [-0.4, -0.2) is 25.5 Å². The van der Waals surface area contributed by atoms with Gasteiger partial charge in [0.2, 0.25) is 0 Å². The monoisotopic (exact) mass is 147 g/mol. The highest BCUT2D eigenvalue weighted by atomic mass is 16.7. The second-order valence-corrected chi connectivity index (χ2v) is 2.14. The van der Waals surface area contributed by atoms with E-state index >= 15 is 0 Å². The summed E-state index contributed by atoms with van der Waals surface area (Å²) >= 11 is 0. The second-order valence-electron chi connectivity index (χ2n) is 2.14. The van der Waals surface area contributed by atoms with Gasteiger partial charge in [-0.05, 0) is 20.8 Å². The lowest BCUT2D eigenvalue weighted by Gasteiger charge is -2.19. The molecule has 0 bridgehead atoms. The van der Waals surface area contributed by atoms with Crippen LogP contribution in [0.3, 0.4) is 0 Å². The molecule has 10 heavy (non-hydrogen) atoms. The van der Waals surface area contributed by atoms with Gasteiger partial charge in [-0.3, -0.25) is 0 Å². The minimum absolute atomic E-state index is 0.0556. The predicted octanol–water partition coefficient (Wildman–Crippen LogP) is 0.733. The number of nitrogens with two attached hydrogens (primary N) is 1. The summed E-state index contributed by atoms with van der Waals surface area (Å²) in [6.07, 6.45) is -0.241. The topological polar surface area (TPSA) is 44.5 Å². The van der Waals surface area contributed by atoms with Crippen LogP contribution in [0.25, 0.3) is 0 Å². The first-order chi connectivity index (χ1) is 4.72. The van der Waals surface area contributed by atoms with Crippen molar-refractivity contribution in [2.24, 2.45) is 5.73 Å². The Bertz CT molecular complexity index is 70.0. The highest BCUT2D eigenvalue weighted by molar-refractivity contribution is 4.57. The van der Waals surface area contributed by atoms with E-state index < -0.39 is 0 Å². The SMILES string of the molecule is CCOC(OCC)[C@@H](C)N. The molecule has 0 spiro atoms. The Labute approximate surface area is 62.5 Å². The quantitative estimate of drug-likeness (QED) is 0.583. The van der Waals surface area contributed by atoms with E-state index in [-0.39, 0.29) is 12.3 Å². The molecule has 0 aromatic heterocycles. The lowest BCUT2D eigenvalue weighted by atomic mass is 10.3. The first-order valence-corrected chi connectivity index (χ1v) is 3.71. The molecule has 0 radical (unpaired) electrons. The fraction of sp³-hybridized carbons (Fsp3) is 1.00. The van der Waals surface area contributed by atoms with Gasteiger partial charge >= 0.3 is 0 Å². The van der Waals surface area contributed by atoms with Crippen LogP contribution in [0.2, 0.25) is 0 Å². The van der Waals surface area contributed by atoms with Crippen LogP contribution in [0.1, 0.15) is 20.8 Å². The maximum atomic E-state index is 5.56. The summed E-state index contributed by atoms with van der Waals surface area (Å²) in [7, 11) is 0. The second kappa shape index (κ2) is 5.65. The van der Waals surface area contributed by atoms with Gasteiger partial charge in [-0.1, -0.05) is 0 Å². The zero-order valence-electron chi connectivity index (χ0n) is 6.96. The summed E-state index contributed by atoms with van der Waals surface area (Å²) in [5, 5.41) is 0. The third-order valence-electron chi connectivity index (χ3n) is 1.09. The van der Waals surface area contributed by atoms with E-state index in [2.05, 4.69) is 0 Å². The van der Waals surface area contributed by atoms with Crippen LogP contribution < -0.4 is 5.73 Å². The maximum Gasteiger partial charge on any atom is 0.172 e. The van der Waals surface area contributed by atoms with Crippen LogP contribution in [0.4, 0.5) is 0 Å². The molecule has 0 aliphatic heterocycles. The van der Waals surface area contributed by atoms with Crippen molar-refractivity contribution in [3.05, 3.63) is 0 Å². The summed E-state index contributed by atoms with van der Waals surface area (Å²) in [5.74, 6) is 0. The molecule has 0 saturated heterocycles. The Kier molecular flexibility index (Phi) is 5.58. The molecule has 2 N–H and O–H groups in total. The zero-order chi connectivity index (χ0) is 7.98. The fourth-order valence-electron chi connectivity index (χ4n) is 0.680. The first kappa shape index (κ1) is 9.88. The van der Waals surface area contributed by atoms with Crippen molar-refractivity contribution in [2.45, 2.75) is 33.1 Å². The highest BCUT2D eigenvalue weighted by Crippen LogP contribution is 1.98. The van der Waals surface area contributed by atoms with Gasteiger partial charge in [-0.15, -0.1) is 0 Å². The van der Waals surface area contributed by atoms with Crippen LogP contribution in [0.15, 0.2) is 0 Å². The van der Waals surface area contributed by atoms with Gasteiger partial charge in [0, 0.05) is 13.2 Å². The van der Waals surface area contributed by atoms with E-state index in [0.29, 0.717) is 13.2 Å². The van der Waals surface area contributed by atoms with Gasteiger partial charge in [0.15, 0.2) is 6.29 Å². The van der Waals surface area contributed by atoms with Gasteiger partial charge < -0.3 is 15.2 Å². The first-order valence-electron chi connectivity index (χ1n) is 3.71. The summed E-state index contributed by atoms with van der Waals surface area (Å²) in [4.78, 5) is 0. The fourth-order valence-corrected chi connectivity index (χ4v) is 0.680. The molecule has 0 aromatic carbocycles. The number of hydrogen-bond donors (Lipinski definition) is 1. The molecule has 3 nitrogen and oxygen atoms in total. The third-order valence-corrected chi connectivity index (χ3v) is 1.09. The van der Waals surface area contributed by atoms with Gasteiger partial charge in [-0.25, -0.2) is 0 Å². The van der Waals surface area contributed by atoms with Crippen molar-refractivity contribution in [1.82, 2.24) is 0 Å². The molecule has 0 aliphatic rings. The molecular weight excluding hydrogens is 130 g/mol. The van der Waals surface area contributed by atoms with E-state index in [1.807, 2.05) is 20.8 Å². The van der Waals surface area contributed by atoms with Crippen molar-refractivity contribution in [2.75, 3.05) is 13.2 Å². The van der Waals surface area contributed by atoms with Crippen molar-refractivity contribution in [1.29, 1.82) is 0 Å². The molecule has 0 fully saturated rings. The average molecular weight is 147 g/mol. The standard InChI is InChI=1S/C7H17NO2/c1-4-9-7(6(3)8)10-5-2/h6-7H,4-5,8H2,1-3H3/t6-/m1/s1. The summed E-state index contributed by atoms with van der Waals surface area (Å²) < 4.78 is 10.4. The Morgan fingerprint density at radius 1 is 1.20 bits per heavy atom. The lowest BCUT2D eigenvalue weighted by Crippen LogP contribution is -2.36. The molecule has 0 amide bonds. The zero-order valence-corrected chi connectivity index (χ0v) is 6.96. The van der Waals surface area contributed by atoms with Crippen molar-refractivity contribution in [3.8, 4) is 0 Å². The Balaban J connectivity index is 3.50. The Hall–Kier alpha value is -0.120. The molecule has 0 aromatic rings. The summed E-state index contributed by atoms with van der Waals surface area (Å²) in [6.45, 7) is 7.01. The van der Waals surface area contributed by atoms with Crippen molar-refractivity contribution >= 4 is 0 Å². The van der Waals surface area contributed by atoms with E-state index in [4.69, 9.17) is 15.2 Å². The Morgan fingerprint density at radius 3 is 1.80 bits per heavy atom. The lowest BCUT2D eigenvalue weighted by molar-refractivity contribution is -0.145. The summed E-state index contributed by atoms with van der Waals surface area (Å²) in [5.41, 5.74) is 5.56. The maximum absolute atomic E-state index is 5.56. The minimum atomic E-state index is -0.241. The van der Waals surface area contributed by atoms with E-state index in [9.17, 15) is 0 Å². The average Bonchev–Trinajstić information content (AvgIpc) is 1.87. The van der Waals surface area contributed by atoms with E-state index in [1.165, 1.54) is 0 Å². The largest absolute Gasteiger partial charge is 0.351 e. The number of rotatable bonds is 5. The molecule has 1 atom stereocenters. The predicted molar refractivity (Wildman–Crippen MR) is 40.7 cm³/mol.